The predicted octanol–water partition coefficient (Wildman–Crippen LogP) is 5.33. The maximum atomic E-state index is 13.3. The predicted molar refractivity (Wildman–Crippen MR) is 154 cm³/mol. The summed E-state index contributed by atoms with van der Waals surface area (Å²) in [4.78, 5) is 20.1. The van der Waals surface area contributed by atoms with Crippen molar-refractivity contribution in [2.75, 3.05) is 13.2 Å². The lowest BCUT2D eigenvalue weighted by Crippen LogP contribution is -2.38. The molecule has 1 saturated carbocycles. The van der Waals surface area contributed by atoms with E-state index in [-0.39, 0.29) is 17.5 Å². The average Bonchev–Trinajstić information content (AvgIpc) is 3.32. The van der Waals surface area contributed by atoms with Crippen LogP contribution in [0.5, 0.6) is 0 Å². The maximum absolute atomic E-state index is 13.3. The monoisotopic (exact) mass is 556 g/mol. The van der Waals surface area contributed by atoms with Crippen LogP contribution in [0.4, 0.5) is 0 Å². The Balaban J connectivity index is 1.51. The van der Waals surface area contributed by atoms with Crippen LogP contribution >= 0.6 is 11.3 Å². The van der Waals surface area contributed by atoms with Crippen LogP contribution in [0.3, 0.4) is 0 Å². The minimum atomic E-state index is -1.33. The summed E-state index contributed by atoms with van der Waals surface area (Å²) in [7, 11) is -1.33. The van der Waals surface area contributed by atoms with Crippen LogP contribution < -0.4 is 15.4 Å². The quantitative estimate of drug-likeness (QED) is 0.429. The van der Waals surface area contributed by atoms with Crippen LogP contribution in [0, 0.1) is 5.92 Å². The van der Waals surface area contributed by atoms with Gasteiger partial charge in [0.1, 0.15) is 11.0 Å². The highest BCUT2D eigenvalue weighted by Crippen LogP contribution is 2.40. The molecule has 1 aromatic heterocycles. The average molecular weight is 557 g/mol. The van der Waals surface area contributed by atoms with Gasteiger partial charge in [-0.3, -0.25) is 4.79 Å². The topological polar surface area (TPSA) is 92.4 Å². The first kappa shape index (κ1) is 27.5. The van der Waals surface area contributed by atoms with E-state index >= 15 is 0 Å². The Kier molecular flexibility index (Phi) is 8.67. The highest BCUT2D eigenvalue weighted by atomic mass is 32.2. The number of ether oxygens (including phenoxy) is 1. The summed E-state index contributed by atoms with van der Waals surface area (Å²) in [5, 5.41) is 7.03. The highest BCUT2D eigenvalue weighted by molar-refractivity contribution is 7.83. The van der Waals surface area contributed by atoms with E-state index < -0.39 is 11.0 Å². The van der Waals surface area contributed by atoms with Crippen molar-refractivity contribution < 1.29 is 13.7 Å². The molecule has 1 saturated heterocycles. The zero-order chi connectivity index (χ0) is 26.7. The highest BCUT2D eigenvalue weighted by Gasteiger charge is 2.27. The molecule has 3 aliphatic rings. The van der Waals surface area contributed by atoms with Crippen LogP contribution in [0.15, 0.2) is 23.2 Å². The number of thiazole rings is 1. The molecule has 2 fully saturated rings. The fourth-order valence-corrected chi connectivity index (χ4v) is 7.88. The molecule has 0 spiro atoms. The second-order valence-corrected chi connectivity index (χ2v) is 13.9. The third-order valence-corrected chi connectivity index (χ3v) is 10.2. The molecule has 1 aromatic carbocycles. The first-order chi connectivity index (χ1) is 18.3. The fourth-order valence-electron chi connectivity index (χ4n) is 5.58. The van der Waals surface area contributed by atoms with Crippen molar-refractivity contribution in [3.05, 3.63) is 40.2 Å². The molecule has 1 unspecified atom stereocenters. The van der Waals surface area contributed by atoms with Crippen LogP contribution in [-0.2, 0) is 28.7 Å². The van der Waals surface area contributed by atoms with Crippen molar-refractivity contribution in [2.24, 2.45) is 5.92 Å². The van der Waals surface area contributed by atoms with Gasteiger partial charge in [0.25, 0.3) is 5.91 Å². The molecule has 1 amide bonds. The zero-order valence-electron chi connectivity index (χ0n) is 22.7. The van der Waals surface area contributed by atoms with Gasteiger partial charge in [-0.15, -0.1) is 11.3 Å². The molecule has 3 N–H and O–H groups in total. The molecule has 7 nitrogen and oxygen atoms in total. The Morgan fingerprint density at radius 2 is 1.92 bits per heavy atom. The zero-order valence-corrected chi connectivity index (χ0v) is 24.4. The van der Waals surface area contributed by atoms with Crippen LogP contribution in [0.1, 0.15) is 92.3 Å². The van der Waals surface area contributed by atoms with Gasteiger partial charge in [-0.05, 0) is 75.4 Å². The first-order valence-corrected chi connectivity index (χ1v) is 15.9. The van der Waals surface area contributed by atoms with Gasteiger partial charge in [0.05, 0.1) is 15.5 Å². The van der Waals surface area contributed by atoms with E-state index in [9.17, 15) is 9.00 Å². The van der Waals surface area contributed by atoms with Gasteiger partial charge in [-0.25, -0.2) is 13.9 Å². The number of hydrogen-bond acceptors (Lipinski definition) is 6. The summed E-state index contributed by atoms with van der Waals surface area (Å²) in [5.41, 5.74) is 3.92. The van der Waals surface area contributed by atoms with Crippen molar-refractivity contribution in [3.8, 4) is 10.4 Å². The second-order valence-electron chi connectivity index (χ2n) is 11.7. The van der Waals surface area contributed by atoms with Crippen molar-refractivity contribution >= 4 is 34.3 Å². The standard InChI is InChI=1S/C29H40N4O3S2/c1-29(2,3)33-38(35)25-10-9-22(21-11-14-30-18-23(21)25)26-24(17-19-7-5-4-6-8-19)32-28(37-26)27(34)31-20-12-15-36-16-13-20/h9-11,14,19-20,30,33H,4-8,12-13,15-18H2,1-3H3,(H,31,34). The number of nitrogens with zero attached hydrogens (tertiary/aromatic N) is 1. The van der Waals surface area contributed by atoms with Crippen LogP contribution in [0.2, 0.25) is 0 Å². The van der Waals surface area contributed by atoms with Gasteiger partial charge in [-0.2, -0.15) is 0 Å². The molecular formula is C29H40N4O3S2. The second kappa shape index (κ2) is 12.0. The number of benzene rings is 1. The Labute approximate surface area is 232 Å². The number of rotatable bonds is 7. The van der Waals surface area contributed by atoms with Crippen molar-refractivity contribution in [1.29, 1.82) is 0 Å². The molecule has 1 atom stereocenters. The molecule has 3 heterocycles. The van der Waals surface area contributed by atoms with E-state index in [2.05, 4.69) is 27.5 Å². The Morgan fingerprint density at radius 3 is 2.66 bits per heavy atom. The maximum Gasteiger partial charge on any atom is 0.280 e. The third-order valence-electron chi connectivity index (χ3n) is 7.46. The summed E-state index contributed by atoms with van der Waals surface area (Å²) < 4.78 is 21.9. The summed E-state index contributed by atoms with van der Waals surface area (Å²) in [5.74, 6) is 0.517. The van der Waals surface area contributed by atoms with E-state index in [1.165, 1.54) is 43.4 Å². The van der Waals surface area contributed by atoms with Gasteiger partial charge in [0.2, 0.25) is 0 Å². The molecular weight excluding hydrogens is 516 g/mol. The Hall–Kier alpha value is -2.07. The fraction of sp³-hybridized carbons (Fsp3) is 0.586. The summed E-state index contributed by atoms with van der Waals surface area (Å²) in [6.07, 6.45) is 12.9. The molecule has 1 aliphatic carbocycles. The Morgan fingerprint density at radius 1 is 1.16 bits per heavy atom. The van der Waals surface area contributed by atoms with Crippen molar-refractivity contribution in [2.45, 2.75) is 95.2 Å². The van der Waals surface area contributed by atoms with Crippen LogP contribution in [-0.4, -0.2) is 39.9 Å². The smallest absolute Gasteiger partial charge is 0.280 e. The van der Waals surface area contributed by atoms with Gasteiger partial charge in [0, 0.05) is 36.9 Å². The minimum absolute atomic E-state index is 0.0868. The van der Waals surface area contributed by atoms with Gasteiger partial charge in [-0.1, -0.05) is 38.2 Å². The van der Waals surface area contributed by atoms with Crippen molar-refractivity contribution in [3.63, 3.8) is 0 Å². The van der Waals surface area contributed by atoms with E-state index in [4.69, 9.17) is 9.72 Å². The molecule has 38 heavy (non-hydrogen) atoms. The van der Waals surface area contributed by atoms with Crippen molar-refractivity contribution in [1.82, 2.24) is 20.3 Å². The van der Waals surface area contributed by atoms with Gasteiger partial charge >= 0.3 is 0 Å². The lowest BCUT2D eigenvalue weighted by Gasteiger charge is -2.24. The van der Waals surface area contributed by atoms with Crippen LogP contribution in [0.25, 0.3) is 16.5 Å². The van der Waals surface area contributed by atoms with Gasteiger partial charge < -0.3 is 15.4 Å². The molecule has 9 heteroatoms. The summed E-state index contributed by atoms with van der Waals surface area (Å²) in [6, 6.07) is 4.19. The largest absolute Gasteiger partial charge is 0.387 e. The number of carbonyl (C=O) groups is 1. The van der Waals surface area contributed by atoms with E-state index in [0.717, 1.165) is 51.4 Å². The lowest BCUT2D eigenvalue weighted by molar-refractivity contribution is 0.0696. The number of nitrogens with one attached hydrogen (secondary N) is 3. The molecule has 206 valence electrons. The van der Waals surface area contributed by atoms with Gasteiger partial charge in [0.15, 0.2) is 5.01 Å². The number of aromatic nitrogens is 1. The van der Waals surface area contributed by atoms with E-state index in [1.54, 1.807) is 0 Å². The minimum Gasteiger partial charge on any atom is -0.387 e. The third kappa shape index (κ3) is 6.55. The SMILES string of the molecule is CC(C)(C)NS(=O)c1ccc(-c2sc(C(=O)NC3CCOCC3)nc2CC2CCCCC2)c2c1CNC=C2. The van der Waals surface area contributed by atoms with E-state index in [0.29, 0.717) is 30.7 Å². The number of carbonyl (C=O) groups excluding carboxylic acids is 1. The molecule has 0 radical (unpaired) electrons. The Bertz CT molecular complexity index is 1210. The number of amides is 1. The molecule has 2 aliphatic heterocycles. The first-order valence-electron chi connectivity index (χ1n) is 13.9. The number of hydrogen-bond donors (Lipinski definition) is 3. The number of fused-ring (bicyclic) bond motifs is 1. The molecule has 2 aromatic rings. The van der Waals surface area contributed by atoms with E-state index in [1.807, 2.05) is 33.0 Å². The summed E-state index contributed by atoms with van der Waals surface area (Å²) >= 11 is 1.49. The normalized spacial score (nSPS) is 19.6. The lowest BCUT2D eigenvalue weighted by atomic mass is 9.85. The molecule has 5 rings (SSSR count). The summed E-state index contributed by atoms with van der Waals surface area (Å²) in [6.45, 7) is 8.04. The molecule has 0 bridgehead atoms.